The third-order valence-corrected chi connectivity index (χ3v) is 3.81. The maximum Gasteiger partial charge on any atom is 0.160 e. The van der Waals surface area contributed by atoms with Crippen LogP contribution in [-0.2, 0) is 13.1 Å². The van der Waals surface area contributed by atoms with Crippen molar-refractivity contribution in [3.63, 3.8) is 0 Å². The van der Waals surface area contributed by atoms with Crippen molar-refractivity contribution in [1.29, 1.82) is 0 Å². The topological polar surface area (TPSA) is 52.9 Å². The van der Waals surface area contributed by atoms with E-state index in [-0.39, 0.29) is 12.4 Å². The lowest BCUT2D eigenvalue weighted by molar-refractivity contribution is 0.212. The summed E-state index contributed by atoms with van der Waals surface area (Å²) in [4.78, 5) is 2.21. The third-order valence-electron chi connectivity index (χ3n) is 3.58. The van der Waals surface area contributed by atoms with Crippen LogP contribution >= 0.6 is 11.6 Å². The Balaban J connectivity index is 2.10. The zero-order valence-corrected chi connectivity index (χ0v) is 14.0. The van der Waals surface area contributed by atoms with E-state index in [1.165, 1.54) is 7.11 Å². The SMILES string of the molecule is COc1ccc(CN(CCCO)Cc2cccc(Cl)c2)cc1O. The maximum atomic E-state index is 9.91. The van der Waals surface area contributed by atoms with Crippen LogP contribution in [0.1, 0.15) is 17.5 Å². The Morgan fingerprint density at radius 3 is 2.43 bits per heavy atom. The van der Waals surface area contributed by atoms with Gasteiger partial charge in [0.2, 0.25) is 0 Å². The van der Waals surface area contributed by atoms with Crippen LogP contribution < -0.4 is 4.74 Å². The molecular weight excluding hydrogens is 314 g/mol. The number of hydrogen-bond acceptors (Lipinski definition) is 4. The number of aromatic hydroxyl groups is 1. The maximum absolute atomic E-state index is 9.91. The molecule has 5 heteroatoms. The highest BCUT2D eigenvalue weighted by atomic mass is 35.5. The van der Waals surface area contributed by atoms with E-state index in [0.29, 0.717) is 23.7 Å². The van der Waals surface area contributed by atoms with E-state index in [9.17, 15) is 5.11 Å². The van der Waals surface area contributed by atoms with E-state index < -0.39 is 0 Å². The monoisotopic (exact) mass is 335 g/mol. The molecule has 0 atom stereocenters. The van der Waals surface area contributed by atoms with Gasteiger partial charge in [-0.15, -0.1) is 0 Å². The van der Waals surface area contributed by atoms with Crippen molar-refractivity contribution < 1.29 is 14.9 Å². The number of ether oxygens (including phenoxy) is 1. The summed E-state index contributed by atoms with van der Waals surface area (Å²) in [6, 6.07) is 13.2. The number of nitrogens with zero attached hydrogens (tertiary/aromatic N) is 1. The van der Waals surface area contributed by atoms with Crippen LogP contribution in [0, 0.1) is 0 Å². The zero-order valence-electron chi connectivity index (χ0n) is 13.2. The first-order chi connectivity index (χ1) is 11.1. The number of phenols is 1. The number of aliphatic hydroxyl groups excluding tert-OH is 1. The van der Waals surface area contributed by atoms with Crippen LogP contribution in [0.15, 0.2) is 42.5 Å². The van der Waals surface area contributed by atoms with Crippen molar-refractivity contribution in [2.45, 2.75) is 19.5 Å². The molecule has 124 valence electrons. The minimum absolute atomic E-state index is 0.134. The first kappa shape index (κ1) is 17.6. The van der Waals surface area contributed by atoms with Gasteiger partial charge in [-0.2, -0.15) is 0 Å². The van der Waals surface area contributed by atoms with Gasteiger partial charge in [0, 0.05) is 31.3 Å². The molecule has 23 heavy (non-hydrogen) atoms. The molecule has 2 aromatic carbocycles. The molecular formula is C18H22ClNO3. The molecule has 0 aliphatic rings. The highest BCUT2D eigenvalue weighted by Crippen LogP contribution is 2.27. The first-order valence-corrected chi connectivity index (χ1v) is 7.93. The number of methoxy groups -OCH3 is 1. The lowest BCUT2D eigenvalue weighted by Crippen LogP contribution is -2.24. The summed E-state index contributed by atoms with van der Waals surface area (Å²) in [5.74, 6) is 0.598. The van der Waals surface area contributed by atoms with Gasteiger partial charge in [0.25, 0.3) is 0 Å². The second-order valence-electron chi connectivity index (χ2n) is 5.42. The number of rotatable bonds is 8. The van der Waals surface area contributed by atoms with Gasteiger partial charge in [-0.25, -0.2) is 0 Å². The number of hydrogen-bond donors (Lipinski definition) is 2. The second kappa shape index (κ2) is 8.77. The Labute approximate surface area is 141 Å². The van der Waals surface area contributed by atoms with Gasteiger partial charge in [-0.05, 0) is 41.8 Å². The summed E-state index contributed by atoms with van der Waals surface area (Å²) in [6.45, 7) is 2.31. The summed E-state index contributed by atoms with van der Waals surface area (Å²) in [6.07, 6.45) is 0.697. The van der Waals surface area contributed by atoms with Crippen LogP contribution in [0.25, 0.3) is 0 Å². The number of benzene rings is 2. The van der Waals surface area contributed by atoms with E-state index in [4.69, 9.17) is 21.4 Å². The minimum Gasteiger partial charge on any atom is -0.504 e. The van der Waals surface area contributed by atoms with Gasteiger partial charge < -0.3 is 14.9 Å². The van der Waals surface area contributed by atoms with Gasteiger partial charge in [0.1, 0.15) is 0 Å². The predicted molar refractivity (Wildman–Crippen MR) is 91.9 cm³/mol. The molecule has 0 saturated carbocycles. The molecule has 0 fully saturated rings. The van der Waals surface area contributed by atoms with Crippen molar-refractivity contribution in [2.24, 2.45) is 0 Å². The summed E-state index contributed by atoms with van der Waals surface area (Å²) in [7, 11) is 1.53. The third kappa shape index (κ3) is 5.43. The lowest BCUT2D eigenvalue weighted by atomic mass is 10.1. The van der Waals surface area contributed by atoms with Crippen LogP contribution in [0.4, 0.5) is 0 Å². The van der Waals surface area contributed by atoms with Crippen LogP contribution in [-0.4, -0.2) is 35.4 Å². The molecule has 0 saturated heterocycles. The quantitative estimate of drug-likeness (QED) is 0.776. The van der Waals surface area contributed by atoms with Crippen molar-refractivity contribution in [3.05, 3.63) is 58.6 Å². The van der Waals surface area contributed by atoms with E-state index in [2.05, 4.69) is 4.90 Å². The van der Waals surface area contributed by atoms with Gasteiger partial charge in [0.05, 0.1) is 7.11 Å². The standard InChI is InChI=1S/C18H22ClNO3/c1-23-18-7-6-15(11-17(18)22)13-20(8-3-9-21)12-14-4-2-5-16(19)10-14/h2,4-7,10-11,21-22H,3,8-9,12-13H2,1H3. The van der Waals surface area contributed by atoms with E-state index in [0.717, 1.165) is 24.2 Å². The summed E-state index contributed by atoms with van der Waals surface area (Å²) < 4.78 is 5.07. The molecule has 0 unspecified atom stereocenters. The molecule has 0 bridgehead atoms. The molecule has 2 aromatic rings. The lowest BCUT2D eigenvalue weighted by Gasteiger charge is -2.22. The molecule has 4 nitrogen and oxygen atoms in total. The molecule has 0 heterocycles. The van der Waals surface area contributed by atoms with Crippen LogP contribution in [0.3, 0.4) is 0 Å². The molecule has 0 aliphatic heterocycles. The first-order valence-electron chi connectivity index (χ1n) is 7.56. The molecule has 2 N–H and O–H groups in total. The number of phenolic OH excluding ortho intramolecular Hbond substituents is 1. The van der Waals surface area contributed by atoms with Crippen molar-refractivity contribution in [2.75, 3.05) is 20.3 Å². The van der Waals surface area contributed by atoms with Gasteiger partial charge in [-0.3, -0.25) is 4.90 Å². The Morgan fingerprint density at radius 1 is 1.09 bits per heavy atom. The largest absolute Gasteiger partial charge is 0.504 e. The van der Waals surface area contributed by atoms with Crippen molar-refractivity contribution in [3.8, 4) is 11.5 Å². The molecule has 0 aliphatic carbocycles. The molecule has 0 aromatic heterocycles. The molecule has 0 amide bonds. The zero-order chi connectivity index (χ0) is 16.7. The Morgan fingerprint density at radius 2 is 1.83 bits per heavy atom. The normalized spacial score (nSPS) is 11.0. The van der Waals surface area contributed by atoms with Gasteiger partial charge >= 0.3 is 0 Å². The summed E-state index contributed by atoms with van der Waals surface area (Å²) in [5, 5.41) is 19.7. The summed E-state index contributed by atoms with van der Waals surface area (Å²) in [5.41, 5.74) is 2.11. The number of aliphatic hydroxyl groups is 1. The minimum atomic E-state index is 0.134. The average molecular weight is 336 g/mol. The van der Waals surface area contributed by atoms with Crippen molar-refractivity contribution >= 4 is 11.6 Å². The fraction of sp³-hybridized carbons (Fsp3) is 0.333. The molecule has 2 rings (SSSR count). The average Bonchev–Trinajstić information content (AvgIpc) is 2.53. The smallest absolute Gasteiger partial charge is 0.160 e. The fourth-order valence-corrected chi connectivity index (χ4v) is 2.71. The Bertz CT molecular complexity index is 633. The van der Waals surface area contributed by atoms with Crippen LogP contribution in [0.2, 0.25) is 5.02 Å². The summed E-state index contributed by atoms with van der Waals surface area (Å²) >= 11 is 6.04. The number of halogens is 1. The Kier molecular flexibility index (Phi) is 6.71. The van der Waals surface area contributed by atoms with E-state index in [1.54, 1.807) is 12.1 Å². The second-order valence-corrected chi connectivity index (χ2v) is 5.86. The predicted octanol–water partition coefficient (Wildman–Crippen LogP) is 3.44. The van der Waals surface area contributed by atoms with E-state index in [1.807, 2.05) is 30.3 Å². The Hall–Kier alpha value is -1.75. The van der Waals surface area contributed by atoms with E-state index >= 15 is 0 Å². The highest BCUT2D eigenvalue weighted by Gasteiger charge is 2.10. The van der Waals surface area contributed by atoms with Crippen LogP contribution in [0.5, 0.6) is 11.5 Å². The molecule has 0 radical (unpaired) electrons. The molecule has 0 spiro atoms. The highest BCUT2D eigenvalue weighted by molar-refractivity contribution is 6.30. The van der Waals surface area contributed by atoms with Crippen molar-refractivity contribution in [1.82, 2.24) is 4.90 Å². The van der Waals surface area contributed by atoms with Gasteiger partial charge in [0.15, 0.2) is 11.5 Å². The fourth-order valence-electron chi connectivity index (χ4n) is 2.49. The van der Waals surface area contributed by atoms with Gasteiger partial charge in [-0.1, -0.05) is 29.8 Å².